The lowest BCUT2D eigenvalue weighted by Gasteiger charge is -2.35. The van der Waals surface area contributed by atoms with Gasteiger partial charge < -0.3 is 20.4 Å². The van der Waals surface area contributed by atoms with E-state index >= 15 is 0 Å². The summed E-state index contributed by atoms with van der Waals surface area (Å²) < 4.78 is 0. The van der Waals surface area contributed by atoms with Crippen LogP contribution in [0.5, 0.6) is 0 Å². The van der Waals surface area contributed by atoms with E-state index in [2.05, 4.69) is 40.5 Å². The maximum Gasteiger partial charge on any atom is 0.253 e. The molecule has 1 aliphatic heterocycles. The largest absolute Gasteiger partial charge is 0.369 e. The monoisotopic (exact) mass is 490 g/mol. The maximum atomic E-state index is 13.0. The van der Waals surface area contributed by atoms with Crippen LogP contribution in [0.3, 0.4) is 0 Å². The fourth-order valence-corrected chi connectivity index (χ4v) is 4.57. The molecule has 0 aliphatic carbocycles. The number of hydrogen-bond acceptors (Lipinski definition) is 4. The lowest BCUT2D eigenvalue weighted by atomic mass is 10.0. The molecule has 1 fully saturated rings. The number of carbonyl (C=O) groups is 2. The third-order valence-electron chi connectivity index (χ3n) is 6.34. The quantitative estimate of drug-likeness (QED) is 0.494. The van der Waals surface area contributed by atoms with Gasteiger partial charge in [-0.25, -0.2) is 0 Å². The average molecular weight is 491 g/mol. The minimum absolute atomic E-state index is 0.0967. The minimum Gasteiger partial charge on any atom is -0.369 e. The van der Waals surface area contributed by atoms with Gasteiger partial charge in [-0.1, -0.05) is 54.1 Å². The molecule has 1 atom stereocenters. The van der Waals surface area contributed by atoms with E-state index in [1.165, 1.54) is 5.69 Å². The minimum atomic E-state index is -0.495. The molecule has 1 unspecified atom stereocenters. The number of hydrogen-bond donors (Lipinski definition) is 2. The molecular formula is C28H31ClN4O2. The van der Waals surface area contributed by atoms with Gasteiger partial charge in [-0.15, -0.1) is 0 Å². The van der Waals surface area contributed by atoms with Gasteiger partial charge in [0.2, 0.25) is 5.91 Å². The van der Waals surface area contributed by atoms with Crippen LogP contribution in [0.2, 0.25) is 5.02 Å². The summed E-state index contributed by atoms with van der Waals surface area (Å²) in [7, 11) is 2.14. The van der Waals surface area contributed by atoms with Gasteiger partial charge >= 0.3 is 0 Å². The van der Waals surface area contributed by atoms with Crippen LogP contribution >= 0.6 is 11.6 Å². The van der Waals surface area contributed by atoms with Crippen molar-refractivity contribution in [1.82, 2.24) is 10.2 Å². The first-order valence-corrected chi connectivity index (χ1v) is 12.2. The van der Waals surface area contributed by atoms with E-state index in [-0.39, 0.29) is 18.2 Å². The van der Waals surface area contributed by atoms with Crippen LogP contribution in [-0.4, -0.2) is 49.9 Å². The number of rotatable bonds is 7. The summed E-state index contributed by atoms with van der Waals surface area (Å²) in [5, 5.41) is 6.35. The van der Waals surface area contributed by atoms with Crippen LogP contribution in [0.1, 0.15) is 33.9 Å². The van der Waals surface area contributed by atoms with Crippen molar-refractivity contribution in [1.29, 1.82) is 0 Å². The Balaban J connectivity index is 1.45. The smallest absolute Gasteiger partial charge is 0.253 e. The Morgan fingerprint density at radius 2 is 1.63 bits per heavy atom. The zero-order valence-electron chi connectivity index (χ0n) is 20.1. The summed E-state index contributed by atoms with van der Waals surface area (Å²) in [5.41, 5.74) is 4.30. The van der Waals surface area contributed by atoms with E-state index < -0.39 is 6.04 Å². The second-order valence-corrected chi connectivity index (χ2v) is 9.37. The Morgan fingerprint density at radius 1 is 0.943 bits per heavy atom. The average Bonchev–Trinajstić information content (AvgIpc) is 2.85. The maximum absolute atomic E-state index is 13.0. The van der Waals surface area contributed by atoms with Crippen molar-refractivity contribution in [2.75, 3.05) is 43.4 Å². The third-order valence-corrected chi connectivity index (χ3v) is 6.67. The van der Waals surface area contributed by atoms with Crippen LogP contribution in [0, 0.1) is 6.92 Å². The van der Waals surface area contributed by atoms with Gasteiger partial charge in [-0.05, 0) is 55.4 Å². The molecule has 6 nitrogen and oxygen atoms in total. The van der Waals surface area contributed by atoms with Gasteiger partial charge in [0.15, 0.2) is 0 Å². The van der Waals surface area contributed by atoms with Gasteiger partial charge in [-0.2, -0.15) is 0 Å². The summed E-state index contributed by atoms with van der Waals surface area (Å²) in [6.45, 7) is 6.14. The SMILES string of the molecule is Cc1cc(NC(=O)CC(NC(=O)c2ccccc2Cl)c2ccccc2)ccc1N1CCN(C)CC1. The molecule has 3 aromatic carbocycles. The Morgan fingerprint density at radius 3 is 2.31 bits per heavy atom. The van der Waals surface area contributed by atoms with E-state index in [0.717, 1.165) is 43.0 Å². The molecule has 2 N–H and O–H groups in total. The fourth-order valence-electron chi connectivity index (χ4n) is 4.35. The second-order valence-electron chi connectivity index (χ2n) is 8.96. The number of nitrogens with zero attached hydrogens (tertiary/aromatic N) is 2. The lowest BCUT2D eigenvalue weighted by molar-refractivity contribution is -0.116. The standard InChI is InChI=1S/C28H31ClN4O2/c1-20-18-22(12-13-26(20)33-16-14-32(2)15-17-33)30-27(34)19-25(21-8-4-3-5-9-21)31-28(35)23-10-6-7-11-24(23)29/h3-13,18,25H,14-17,19H2,1-2H3,(H,30,34)(H,31,35). The number of aryl methyl sites for hydroxylation is 1. The molecule has 0 radical (unpaired) electrons. The Kier molecular flexibility index (Phi) is 8.06. The zero-order chi connectivity index (χ0) is 24.8. The highest BCUT2D eigenvalue weighted by molar-refractivity contribution is 6.33. The van der Waals surface area contributed by atoms with Crippen molar-refractivity contribution in [2.45, 2.75) is 19.4 Å². The van der Waals surface area contributed by atoms with E-state index in [0.29, 0.717) is 10.6 Å². The second kappa shape index (κ2) is 11.4. The Labute approximate surface area is 211 Å². The highest BCUT2D eigenvalue weighted by Crippen LogP contribution is 2.26. The van der Waals surface area contributed by atoms with Crippen LogP contribution < -0.4 is 15.5 Å². The van der Waals surface area contributed by atoms with Crippen molar-refractivity contribution < 1.29 is 9.59 Å². The summed E-state index contributed by atoms with van der Waals surface area (Å²) in [6.07, 6.45) is 0.0967. The first-order valence-electron chi connectivity index (χ1n) is 11.8. The van der Waals surface area contributed by atoms with Crippen molar-refractivity contribution in [3.8, 4) is 0 Å². The van der Waals surface area contributed by atoms with Gasteiger partial charge in [0, 0.05) is 37.6 Å². The summed E-state index contributed by atoms with van der Waals surface area (Å²) in [6, 6.07) is 21.9. The van der Waals surface area contributed by atoms with Crippen molar-refractivity contribution in [2.24, 2.45) is 0 Å². The lowest BCUT2D eigenvalue weighted by Crippen LogP contribution is -2.44. The zero-order valence-corrected chi connectivity index (χ0v) is 20.9. The van der Waals surface area contributed by atoms with Gasteiger partial charge in [0.05, 0.1) is 23.0 Å². The molecule has 1 heterocycles. The summed E-state index contributed by atoms with van der Waals surface area (Å²) in [4.78, 5) is 30.6. The summed E-state index contributed by atoms with van der Waals surface area (Å²) >= 11 is 6.21. The number of benzene rings is 3. The van der Waals surface area contributed by atoms with Crippen LogP contribution in [0.25, 0.3) is 0 Å². The number of likely N-dealkylation sites (N-methyl/N-ethyl adjacent to an activating group) is 1. The van der Waals surface area contributed by atoms with Gasteiger partial charge in [0.25, 0.3) is 5.91 Å². The molecule has 0 aromatic heterocycles. The van der Waals surface area contributed by atoms with E-state index in [9.17, 15) is 9.59 Å². The van der Waals surface area contributed by atoms with Gasteiger partial charge in [-0.3, -0.25) is 9.59 Å². The van der Waals surface area contributed by atoms with E-state index in [1.807, 2.05) is 42.5 Å². The number of piperazine rings is 1. The number of nitrogens with one attached hydrogen (secondary N) is 2. The Bertz CT molecular complexity index is 1180. The van der Waals surface area contributed by atoms with Gasteiger partial charge in [0.1, 0.15) is 0 Å². The Hall–Kier alpha value is -3.35. The molecule has 4 rings (SSSR count). The molecule has 0 bridgehead atoms. The highest BCUT2D eigenvalue weighted by Gasteiger charge is 2.21. The van der Waals surface area contributed by atoms with E-state index in [1.54, 1.807) is 24.3 Å². The third kappa shape index (κ3) is 6.41. The highest BCUT2D eigenvalue weighted by atomic mass is 35.5. The first-order chi connectivity index (χ1) is 16.9. The predicted octanol–water partition coefficient (Wildman–Crippen LogP) is 4.90. The number of amides is 2. The molecule has 35 heavy (non-hydrogen) atoms. The van der Waals surface area contributed by atoms with Crippen LogP contribution in [0.15, 0.2) is 72.8 Å². The number of carbonyl (C=O) groups excluding carboxylic acids is 2. The van der Waals surface area contributed by atoms with Crippen LogP contribution in [0.4, 0.5) is 11.4 Å². The number of halogens is 1. The van der Waals surface area contributed by atoms with Crippen molar-refractivity contribution in [3.05, 3.63) is 94.5 Å². The van der Waals surface area contributed by atoms with E-state index in [4.69, 9.17) is 11.6 Å². The van der Waals surface area contributed by atoms with Crippen LogP contribution in [-0.2, 0) is 4.79 Å². The molecule has 0 spiro atoms. The summed E-state index contributed by atoms with van der Waals surface area (Å²) in [5.74, 6) is -0.491. The molecule has 2 amide bonds. The first kappa shape index (κ1) is 24.8. The molecule has 7 heteroatoms. The number of anilines is 2. The predicted molar refractivity (Wildman–Crippen MR) is 142 cm³/mol. The molecule has 1 aliphatic rings. The fraction of sp³-hybridized carbons (Fsp3) is 0.286. The van der Waals surface area contributed by atoms with Crippen molar-refractivity contribution in [3.63, 3.8) is 0 Å². The molecular weight excluding hydrogens is 460 g/mol. The van der Waals surface area contributed by atoms with Crippen molar-refractivity contribution >= 4 is 34.8 Å². The normalized spacial score (nSPS) is 14.9. The topological polar surface area (TPSA) is 64.7 Å². The molecule has 1 saturated heterocycles. The molecule has 0 saturated carbocycles. The molecule has 182 valence electrons. The molecule has 3 aromatic rings.